The molecule has 0 radical (unpaired) electrons. The number of aliphatic hydroxyl groups is 1. The zero-order valence-corrected chi connectivity index (χ0v) is 12.2. The lowest BCUT2D eigenvalue weighted by Gasteiger charge is -2.33. The molecule has 1 aromatic rings. The zero-order chi connectivity index (χ0) is 14.4. The van der Waals surface area contributed by atoms with E-state index in [4.69, 9.17) is 4.74 Å². The second kappa shape index (κ2) is 7.46. The number of hydrogen-bond donors (Lipinski definition) is 1. The van der Waals surface area contributed by atoms with Crippen molar-refractivity contribution in [3.63, 3.8) is 0 Å². The van der Waals surface area contributed by atoms with E-state index in [9.17, 15) is 9.50 Å². The van der Waals surface area contributed by atoms with Gasteiger partial charge in [-0.2, -0.15) is 0 Å². The van der Waals surface area contributed by atoms with E-state index < -0.39 is 6.10 Å². The van der Waals surface area contributed by atoms with Gasteiger partial charge in [-0.3, -0.25) is 0 Å². The molecule has 19 heavy (non-hydrogen) atoms. The maximum Gasteiger partial charge on any atom is 0.146 e. The summed E-state index contributed by atoms with van der Waals surface area (Å²) in [5, 5.41) is 9.83. The largest absolute Gasteiger partial charge is 0.389 e. The summed E-state index contributed by atoms with van der Waals surface area (Å²) in [6.07, 6.45) is 0.205. The van der Waals surface area contributed by atoms with Gasteiger partial charge in [-0.05, 0) is 26.3 Å². The smallest absolute Gasteiger partial charge is 0.146 e. The predicted molar refractivity (Wildman–Crippen MR) is 76.0 cm³/mol. The molecular formula is C15H24FNO2. The van der Waals surface area contributed by atoms with Crippen LogP contribution in [0.15, 0.2) is 18.2 Å². The predicted octanol–water partition coefficient (Wildman–Crippen LogP) is 3.13. The minimum absolute atomic E-state index is 0.185. The van der Waals surface area contributed by atoms with Gasteiger partial charge in [-0.1, -0.05) is 19.1 Å². The van der Waals surface area contributed by atoms with Crippen molar-refractivity contribution in [1.82, 2.24) is 0 Å². The third-order valence-corrected chi connectivity index (χ3v) is 3.41. The van der Waals surface area contributed by atoms with Crippen molar-refractivity contribution in [3.05, 3.63) is 29.6 Å². The van der Waals surface area contributed by atoms with Crippen molar-refractivity contribution in [1.29, 1.82) is 0 Å². The van der Waals surface area contributed by atoms with Crippen molar-refractivity contribution in [2.24, 2.45) is 0 Å². The fourth-order valence-corrected chi connectivity index (χ4v) is 2.13. The molecule has 1 unspecified atom stereocenters. The van der Waals surface area contributed by atoms with Crippen LogP contribution in [0.4, 0.5) is 10.1 Å². The van der Waals surface area contributed by atoms with Crippen molar-refractivity contribution < 1.29 is 14.2 Å². The van der Waals surface area contributed by atoms with E-state index in [0.29, 0.717) is 24.4 Å². The first kappa shape index (κ1) is 15.9. The Morgan fingerprint density at radius 3 is 2.58 bits per heavy atom. The van der Waals surface area contributed by atoms with Gasteiger partial charge in [0.15, 0.2) is 0 Å². The number of benzene rings is 1. The average molecular weight is 269 g/mol. The number of ether oxygens (including phenoxy) is 1. The molecule has 1 N–H and O–H groups in total. The van der Waals surface area contributed by atoms with Gasteiger partial charge >= 0.3 is 0 Å². The summed E-state index contributed by atoms with van der Waals surface area (Å²) in [7, 11) is 1.63. The Balaban J connectivity index is 3.20. The summed E-state index contributed by atoms with van der Waals surface area (Å²) in [5.74, 6) is -0.296. The molecule has 0 amide bonds. The van der Waals surface area contributed by atoms with E-state index in [2.05, 4.69) is 6.92 Å². The molecule has 0 aromatic heterocycles. The molecule has 4 heteroatoms. The number of rotatable bonds is 7. The lowest BCUT2D eigenvalue weighted by Crippen LogP contribution is -2.37. The van der Waals surface area contributed by atoms with Crippen LogP contribution in [0, 0.1) is 5.82 Å². The first-order valence-corrected chi connectivity index (χ1v) is 6.74. The van der Waals surface area contributed by atoms with E-state index in [1.54, 1.807) is 26.2 Å². The molecule has 0 saturated carbocycles. The monoisotopic (exact) mass is 269 g/mol. The summed E-state index contributed by atoms with van der Waals surface area (Å²) in [6.45, 7) is 6.90. The number of hydrogen-bond acceptors (Lipinski definition) is 3. The Labute approximate surface area is 115 Å². The van der Waals surface area contributed by atoms with Crippen LogP contribution in [0.3, 0.4) is 0 Å². The fourth-order valence-electron chi connectivity index (χ4n) is 2.13. The van der Waals surface area contributed by atoms with Crippen LogP contribution >= 0.6 is 0 Å². The molecule has 0 heterocycles. The number of anilines is 1. The van der Waals surface area contributed by atoms with Gasteiger partial charge in [0.2, 0.25) is 0 Å². The highest BCUT2D eigenvalue weighted by Crippen LogP contribution is 2.31. The highest BCUT2D eigenvalue weighted by atomic mass is 19.1. The molecule has 2 atom stereocenters. The molecule has 108 valence electrons. The fraction of sp³-hybridized carbons (Fsp3) is 0.600. The maximum atomic E-state index is 14.2. The van der Waals surface area contributed by atoms with Gasteiger partial charge in [0.1, 0.15) is 5.82 Å². The topological polar surface area (TPSA) is 32.7 Å². The van der Waals surface area contributed by atoms with Crippen molar-refractivity contribution in [2.45, 2.75) is 39.3 Å². The Morgan fingerprint density at radius 2 is 2.05 bits per heavy atom. The van der Waals surface area contributed by atoms with Crippen LogP contribution < -0.4 is 4.90 Å². The Morgan fingerprint density at radius 1 is 1.37 bits per heavy atom. The zero-order valence-electron chi connectivity index (χ0n) is 12.2. The van der Waals surface area contributed by atoms with E-state index in [0.717, 1.165) is 6.42 Å². The van der Waals surface area contributed by atoms with E-state index >= 15 is 0 Å². The third-order valence-electron chi connectivity index (χ3n) is 3.41. The van der Waals surface area contributed by atoms with Gasteiger partial charge < -0.3 is 14.7 Å². The molecule has 1 rings (SSSR count). The van der Waals surface area contributed by atoms with E-state index in [-0.39, 0.29) is 11.9 Å². The highest BCUT2D eigenvalue weighted by molar-refractivity contribution is 5.56. The maximum absolute atomic E-state index is 14.2. The molecule has 1 aromatic carbocycles. The Bertz CT molecular complexity index is 396. The SMILES string of the molecule is CCC(C)N(CCOC)c1c(F)cccc1[C@@H](C)O. The molecule has 0 saturated heterocycles. The van der Waals surface area contributed by atoms with Crippen molar-refractivity contribution in [2.75, 3.05) is 25.2 Å². The first-order valence-electron chi connectivity index (χ1n) is 6.74. The quantitative estimate of drug-likeness (QED) is 0.825. The summed E-state index contributed by atoms with van der Waals surface area (Å²) in [5.41, 5.74) is 1.11. The van der Waals surface area contributed by atoms with Gasteiger partial charge in [0.25, 0.3) is 0 Å². The van der Waals surface area contributed by atoms with Crippen LogP contribution in [0.5, 0.6) is 0 Å². The standard InChI is InChI=1S/C15H24FNO2/c1-5-11(2)17(9-10-19-4)15-13(12(3)18)7-6-8-14(15)16/h6-8,11-12,18H,5,9-10H2,1-4H3/t11?,12-/m1/s1. The Hall–Kier alpha value is -1.13. The lowest BCUT2D eigenvalue weighted by molar-refractivity contribution is 0.195. The molecule has 3 nitrogen and oxygen atoms in total. The lowest BCUT2D eigenvalue weighted by atomic mass is 10.0. The minimum atomic E-state index is -0.695. The summed E-state index contributed by atoms with van der Waals surface area (Å²) >= 11 is 0. The van der Waals surface area contributed by atoms with Crippen molar-refractivity contribution in [3.8, 4) is 0 Å². The third kappa shape index (κ3) is 3.91. The number of halogens is 1. The van der Waals surface area contributed by atoms with Crippen LogP contribution in [-0.2, 0) is 4.74 Å². The van der Waals surface area contributed by atoms with Gasteiger partial charge in [-0.15, -0.1) is 0 Å². The molecule has 0 bridgehead atoms. The molecule has 0 aliphatic carbocycles. The molecular weight excluding hydrogens is 245 g/mol. The van der Waals surface area contributed by atoms with Crippen LogP contribution in [0.1, 0.15) is 38.9 Å². The minimum Gasteiger partial charge on any atom is -0.389 e. The number of aliphatic hydroxyl groups excluding tert-OH is 1. The molecule has 0 spiro atoms. The highest BCUT2D eigenvalue weighted by Gasteiger charge is 2.21. The summed E-state index contributed by atoms with van der Waals surface area (Å²) in [6, 6.07) is 5.02. The molecule has 0 aliphatic heterocycles. The Kier molecular flexibility index (Phi) is 6.25. The molecule has 0 aliphatic rings. The number of nitrogens with zero attached hydrogens (tertiary/aromatic N) is 1. The van der Waals surface area contributed by atoms with Crippen LogP contribution in [0.2, 0.25) is 0 Å². The number of methoxy groups -OCH3 is 1. The van der Waals surface area contributed by atoms with E-state index in [1.165, 1.54) is 6.07 Å². The molecule has 0 fully saturated rings. The van der Waals surface area contributed by atoms with Gasteiger partial charge in [0, 0.05) is 25.3 Å². The normalized spacial score (nSPS) is 14.2. The first-order chi connectivity index (χ1) is 9.02. The average Bonchev–Trinajstić information content (AvgIpc) is 2.39. The van der Waals surface area contributed by atoms with Gasteiger partial charge in [0.05, 0.1) is 18.4 Å². The number of para-hydroxylation sites is 1. The van der Waals surface area contributed by atoms with Crippen molar-refractivity contribution >= 4 is 5.69 Å². The van der Waals surface area contributed by atoms with Gasteiger partial charge in [-0.25, -0.2) is 4.39 Å². The summed E-state index contributed by atoms with van der Waals surface area (Å²) < 4.78 is 19.3. The second-order valence-electron chi connectivity index (χ2n) is 4.80. The summed E-state index contributed by atoms with van der Waals surface area (Å²) in [4.78, 5) is 1.97. The van der Waals surface area contributed by atoms with Crippen LogP contribution in [-0.4, -0.2) is 31.4 Å². The van der Waals surface area contributed by atoms with Crippen LogP contribution in [0.25, 0.3) is 0 Å². The van der Waals surface area contributed by atoms with E-state index in [1.807, 2.05) is 11.8 Å². The second-order valence-corrected chi connectivity index (χ2v) is 4.80.